The second-order valence-corrected chi connectivity index (χ2v) is 8.45. The van der Waals surface area contributed by atoms with Gasteiger partial charge in [-0.15, -0.1) is 0 Å². The molecule has 4 heterocycles. The first-order chi connectivity index (χ1) is 11.1. The van der Waals surface area contributed by atoms with Crippen LogP contribution in [0.4, 0.5) is 4.79 Å². The number of urea groups is 1. The maximum absolute atomic E-state index is 13.1. The predicted octanol–water partition coefficient (Wildman–Crippen LogP) is 2.21. The molecule has 2 unspecified atom stereocenters. The predicted molar refractivity (Wildman–Crippen MR) is 89.4 cm³/mol. The molecular weight excluding hydrogens is 290 g/mol. The molecule has 4 aliphatic rings. The Morgan fingerprint density at radius 3 is 2.43 bits per heavy atom. The zero-order valence-electron chi connectivity index (χ0n) is 14.6. The van der Waals surface area contributed by atoms with Crippen LogP contribution in [-0.4, -0.2) is 65.8 Å². The van der Waals surface area contributed by atoms with Crippen LogP contribution in [0.2, 0.25) is 0 Å². The normalized spacial score (nSPS) is 38.3. The van der Waals surface area contributed by atoms with Gasteiger partial charge in [-0.25, -0.2) is 4.79 Å². The van der Waals surface area contributed by atoms with E-state index in [1.165, 1.54) is 12.8 Å². The molecule has 0 radical (unpaired) electrons. The summed E-state index contributed by atoms with van der Waals surface area (Å²) < 4.78 is 5.47. The van der Waals surface area contributed by atoms with E-state index >= 15 is 0 Å². The first-order valence-electron chi connectivity index (χ1n) is 9.49. The molecule has 3 atom stereocenters. The van der Waals surface area contributed by atoms with Gasteiger partial charge in [0.15, 0.2) is 0 Å². The third-order valence-corrected chi connectivity index (χ3v) is 6.40. The van der Waals surface area contributed by atoms with Gasteiger partial charge in [0.25, 0.3) is 0 Å². The van der Waals surface area contributed by atoms with Gasteiger partial charge in [-0.3, -0.25) is 0 Å². The molecule has 130 valence electrons. The highest BCUT2D eigenvalue weighted by Crippen LogP contribution is 2.43. The quantitative estimate of drug-likeness (QED) is 0.867. The van der Waals surface area contributed by atoms with Gasteiger partial charge in [0.1, 0.15) is 0 Å². The number of rotatable bonds is 3. The zero-order chi connectivity index (χ0) is 16.0. The Morgan fingerprint density at radius 2 is 1.83 bits per heavy atom. The van der Waals surface area contributed by atoms with Crippen molar-refractivity contribution in [2.24, 2.45) is 5.92 Å². The highest BCUT2D eigenvalue weighted by molar-refractivity contribution is 5.78. The van der Waals surface area contributed by atoms with E-state index in [9.17, 15) is 4.79 Å². The molecule has 1 spiro atoms. The molecule has 4 rings (SSSR count). The monoisotopic (exact) mass is 321 g/mol. The van der Waals surface area contributed by atoms with Crippen molar-refractivity contribution in [3.8, 4) is 0 Å². The number of hydrogen-bond donors (Lipinski definition) is 1. The maximum atomic E-state index is 13.1. The molecule has 0 aliphatic carbocycles. The molecule has 0 saturated carbocycles. The highest BCUT2D eigenvalue weighted by atomic mass is 16.5. The first kappa shape index (κ1) is 15.7. The lowest BCUT2D eigenvalue weighted by atomic mass is 9.82. The Labute approximate surface area is 139 Å². The lowest BCUT2D eigenvalue weighted by molar-refractivity contribution is 0.0569. The highest BCUT2D eigenvalue weighted by Gasteiger charge is 2.55. The Kier molecular flexibility index (Phi) is 4.04. The topological polar surface area (TPSA) is 44.8 Å². The number of piperidine rings is 1. The van der Waals surface area contributed by atoms with E-state index in [2.05, 4.69) is 29.0 Å². The summed E-state index contributed by atoms with van der Waals surface area (Å²) in [5.74, 6) is 0.621. The van der Waals surface area contributed by atoms with Crippen molar-refractivity contribution in [1.82, 2.24) is 15.1 Å². The summed E-state index contributed by atoms with van der Waals surface area (Å²) in [6, 6.07) is 1.81. The molecule has 5 heteroatoms. The van der Waals surface area contributed by atoms with Crippen LogP contribution in [-0.2, 0) is 4.74 Å². The van der Waals surface area contributed by atoms with E-state index in [1.54, 1.807) is 0 Å². The molecule has 0 aromatic rings. The van der Waals surface area contributed by atoms with Crippen molar-refractivity contribution in [2.45, 2.75) is 76.0 Å². The smallest absolute Gasteiger partial charge is 0.320 e. The van der Waals surface area contributed by atoms with Crippen molar-refractivity contribution in [2.75, 3.05) is 26.3 Å². The minimum Gasteiger partial charge on any atom is -0.381 e. The summed E-state index contributed by atoms with van der Waals surface area (Å²) in [6.07, 6.45) is 7.05. The van der Waals surface area contributed by atoms with Gasteiger partial charge < -0.3 is 19.9 Å². The van der Waals surface area contributed by atoms with Gasteiger partial charge in [0.05, 0.1) is 5.54 Å². The first-order valence-corrected chi connectivity index (χ1v) is 9.49. The lowest BCUT2D eigenvalue weighted by Crippen LogP contribution is -2.59. The summed E-state index contributed by atoms with van der Waals surface area (Å²) in [4.78, 5) is 17.5. The number of nitrogens with zero attached hydrogens (tertiary/aromatic N) is 2. The number of carbonyl (C=O) groups is 1. The van der Waals surface area contributed by atoms with Crippen LogP contribution in [0.3, 0.4) is 0 Å². The summed E-state index contributed by atoms with van der Waals surface area (Å²) >= 11 is 0. The van der Waals surface area contributed by atoms with Gasteiger partial charge in [-0.05, 0) is 58.3 Å². The average Bonchev–Trinajstić information content (AvgIpc) is 2.98. The van der Waals surface area contributed by atoms with E-state index in [-0.39, 0.29) is 11.6 Å². The van der Waals surface area contributed by atoms with Crippen LogP contribution in [0, 0.1) is 5.92 Å². The molecule has 2 amide bonds. The summed E-state index contributed by atoms with van der Waals surface area (Å²) in [5.41, 5.74) is 0.0769. The molecule has 4 saturated heterocycles. The van der Waals surface area contributed by atoms with Crippen LogP contribution >= 0.6 is 0 Å². The number of carbonyl (C=O) groups excluding carboxylic acids is 1. The molecule has 4 fully saturated rings. The van der Waals surface area contributed by atoms with Gasteiger partial charge >= 0.3 is 6.03 Å². The molecule has 1 N–H and O–H groups in total. The van der Waals surface area contributed by atoms with E-state index < -0.39 is 0 Å². The van der Waals surface area contributed by atoms with Crippen LogP contribution in [0.5, 0.6) is 0 Å². The molecule has 0 aromatic carbocycles. The van der Waals surface area contributed by atoms with Crippen LogP contribution in [0.15, 0.2) is 0 Å². The van der Waals surface area contributed by atoms with E-state index in [0.29, 0.717) is 24.0 Å². The number of nitrogens with one attached hydrogen (secondary N) is 1. The SMILES string of the molecule is CC(C)N1C(=O)N(CC2CCOCC2)CC12CC1CC[C@H](C2)N1. The number of ether oxygens (including phenoxy) is 1. The Hall–Kier alpha value is -0.810. The Bertz CT molecular complexity index is 449. The van der Waals surface area contributed by atoms with Gasteiger partial charge in [0, 0.05) is 44.4 Å². The van der Waals surface area contributed by atoms with E-state index in [1.807, 2.05) is 0 Å². The fourth-order valence-corrected chi connectivity index (χ4v) is 5.56. The second kappa shape index (κ2) is 5.92. The number of hydrogen-bond acceptors (Lipinski definition) is 3. The minimum atomic E-state index is 0.0769. The molecule has 0 aromatic heterocycles. The fourth-order valence-electron chi connectivity index (χ4n) is 5.56. The Balaban J connectivity index is 1.53. The van der Waals surface area contributed by atoms with Crippen molar-refractivity contribution >= 4 is 6.03 Å². The Morgan fingerprint density at radius 1 is 1.17 bits per heavy atom. The summed E-state index contributed by atoms with van der Waals surface area (Å²) in [6.45, 7) is 7.95. The zero-order valence-corrected chi connectivity index (χ0v) is 14.6. The number of fused-ring (bicyclic) bond motifs is 2. The third-order valence-electron chi connectivity index (χ3n) is 6.40. The maximum Gasteiger partial charge on any atom is 0.320 e. The van der Waals surface area contributed by atoms with Gasteiger partial charge in [0.2, 0.25) is 0 Å². The molecule has 4 aliphatic heterocycles. The van der Waals surface area contributed by atoms with E-state index in [0.717, 1.165) is 52.0 Å². The van der Waals surface area contributed by atoms with Crippen LogP contribution in [0.25, 0.3) is 0 Å². The van der Waals surface area contributed by atoms with Crippen LogP contribution in [0.1, 0.15) is 52.4 Å². The van der Waals surface area contributed by atoms with Gasteiger partial charge in [-0.2, -0.15) is 0 Å². The van der Waals surface area contributed by atoms with E-state index in [4.69, 9.17) is 4.74 Å². The largest absolute Gasteiger partial charge is 0.381 e. The van der Waals surface area contributed by atoms with Crippen molar-refractivity contribution in [1.29, 1.82) is 0 Å². The number of amides is 2. The second-order valence-electron chi connectivity index (χ2n) is 8.45. The third kappa shape index (κ3) is 2.76. The molecular formula is C18H31N3O2. The fraction of sp³-hybridized carbons (Fsp3) is 0.944. The molecule has 5 nitrogen and oxygen atoms in total. The van der Waals surface area contributed by atoms with Crippen LogP contribution < -0.4 is 5.32 Å². The lowest BCUT2D eigenvalue weighted by Gasteiger charge is -2.45. The summed E-state index contributed by atoms with van der Waals surface area (Å²) in [5, 5.41) is 3.74. The minimum absolute atomic E-state index is 0.0769. The molecule has 23 heavy (non-hydrogen) atoms. The van der Waals surface area contributed by atoms with Crippen molar-refractivity contribution in [3.05, 3.63) is 0 Å². The van der Waals surface area contributed by atoms with Gasteiger partial charge in [-0.1, -0.05) is 0 Å². The van der Waals surface area contributed by atoms with Crippen molar-refractivity contribution < 1.29 is 9.53 Å². The average molecular weight is 321 g/mol. The van der Waals surface area contributed by atoms with Crippen molar-refractivity contribution in [3.63, 3.8) is 0 Å². The summed E-state index contributed by atoms with van der Waals surface area (Å²) in [7, 11) is 0. The standard InChI is InChI=1S/C18H31N3O2/c1-13(2)21-17(22)20(11-14-5-7-23-8-6-14)12-18(21)9-15-3-4-16(10-18)19-15/h13-16,19H,3-12H2,1-2H3/t15-,16?,18?/m1/s1. The molecule has 2 bridgehead atoms.